The zero-order valence-corrected chi connectivity index (χ0v) is 15.5. The highest BCUT2D eigenvalue weighted by Crippen LogP contribution is 2.23. The highest BCUT2D eigenvalue weighted by atomic mass is 79.9. The summed E-state index contributed by atoms with van der Waals surface area (Å²) in [4.78, 5) is 3.86. The number of hydrogen-bond donors (Lipinski definition) is 2. The van der Waals surface area contributed by atoms with Gasteiger partial charge in [-0.25, -0.2) is 0 Å². The van der Waals surface area contributed by atoms with Crippen molar-refractivity contribution < 1.29 is 4.90 Å². The Hall–Kier alpha value is -1.43. The fourth-order valence-electron chi connectivity index (χ4n) is 2.99. The van der Waals surface area contributed by atoms with Gasteiger partial charge >= 0.3 is 0 Å². The molecule has 0 radical (unpaired) electrons. The van der Waals surface area contributed by atoms with Crippen molar-refractivity contribution in [3.63, 3.8) is 0 Å². The lowest BCUT2D eigenvalue weighted by Crippen LogP contribution is -3.12. The first-order chi connectivity index (χ1) is 11.1. The van der Waals surface area contributed by atoms with Crippen LogP contribution in [0.4, 0.5) is 5.69 Å². The van der Waals surface area contributed by atoms with Gasteiger partial charge in [0.2, 0.25) is 0 Å². The van der Waals surface area contributed by atoms with Crippen LogP contribution in [0.5, 0.6) is 0 Å². The van der Waals surface area contributed by atoms with Crippen LogP contribution in [0, 0.1) is 0 Å². The van der Waals surface area contributed by atoms with Crippen LogP contribution in [0.15, 0.2) is 59.1 Å². The first-order valence-corrected chi connectivity index (χ1v) is 9.03. The zero-order valence-electron chi connectivity index (χ0n) is 13.1. The Morgan fingerprint density at radius 1 is 1.22 bits per heavy atom. The van der Waals surface area contributed by atoms with E-state index in [1.165, 1.54) is 5.56 Å². The van der Waals surface area contributed by atoms with E-state index in [0.717, 1.165) is 34.9 Å². The SMILES string of the molecule is C[NH+]1CCN(C(=S)Nc2cccc(Br)c2)[C@H](c2ccccc2)C1. The highest BCUT2D eigenvalue weighted by Gasteiger charge is 2.30. The summed E-state index contributed by atoms with van der Waals surface area (Å²) in [5, 5.41) is 4.18. The van der Waals surface area contributed by atoms with Gasteiger partial charge in [0.25, 0.3) is 0 Å². The summed E-state index contributed by atoms with van der Waals surface area (Å²) in [7, 11) is 2.25. The van der Waals surface area contributed by atoms with Crippen LogP contribution in [0.2, 0.25) is 0 Å². The Labute approximate surface area is 151 Å². The van der Waals surface area contributed by atoms with Gasteiger partial charge in [-0.3, -0.25) is 0 Å². The lowest BCUT2D eigenvalue weighted by molar-refractivity contribution is -0.887. The summed E-state index contributed by atoms with van der Waals surface area (Å²) in [6.45, 7) is 3.12. The molecule has 1 aliphatic rings. The molecule has 1 aliphatic heterocycles. The molecule has 0 spiro atoms. The van der Waals surface area contributed by atoms with Crippen LogP contribution < -0.4 is 10.2 Å². The van der Waals surface area contributed by atoms with Gasteiger partial charge in [0.05, 0.1) is 20.1 Å². The number of thiocarbonyl (C=S) groups is 1. The van der Waals surface area contributed by atoms with Crippen LogP contribution in [0.1, 0.15) is 11.6 Å². The van der Waals surface area contributed by atoms with Crippen molar-refractivity contribution in [2.24, 2.45) is 0 Å². The second-order valence-corrected chi connectivity index (χ2v) is 7.27. The lowest BCUT2D eigenvalue weighted by Gasteiger charge is -2.39. The molecule has 2 aromatic rings. The van der Waals surface area contributed by atoms with Crippen molar-refractivity contribution in [1.29, 1.82) is 0 Å². The average molecular weight is 391 g/mol. The molecule has 2 atom stereocenters. The quantitative estimate of drug-likeness (QED) is 0.769. The number of piperazine rings is 1. The van der Waals surface area contributed by atoms with Gasteiger partial charge in [0.15, 0.2) is 5.11 Å². The number of nitrogens with one attached hydrogen (secondary N) is 2. The first-order valence-electron chi connectivity index (χ1n) is 7.83. The number of rotatable bonds is 2. The smallest absolute Gasteiger partial charge is 0.174 e. The van der Waals surface area contributed by atoms with Crippen LogP contribution in [0.3, 0.4) is 0 Å². The van der Waals surface area contributed by atoms with Crippen molar-refractivity contribution in [2.75, 3.05) is 32.0 Å². The van der Waals surface area contributed by atoms with Gasteiger partial charge in [-0.05, 0) is 36.0 Å². The van der Waals surface area contributed by atoms with Gasteiger partial charge in [0.1, 0.15) is 12.6 Å². The normalized spacial score (nSPS) is 21.0. The summed E-state index contributed by atoms with van der Waals surface area (Å²) in [5.74, 6) is 0. The number of quaternary nitrogens is 1. The topological polar surface area (TPSA) is 19.7 Å². The van der Waals surface area contributed by atoms with Gasteiger partial charge < -0.3 is 15.1 Å². The third-order valence-electron chi connectivity index (χ3n) is 4.22. The Kier molecular flexibility index (Phi) is 5.30. The number of halogens is 1. The fraction of sp³-hybridized carbons (Fsp3) is 0.278. The van der Waals surface area contributed by atoms with E-state index in [2.05, 4.69) is 63.5 Å². The predicted molar refractivity (Wildman–Crippen MR) is 103 cm³/mol. The number of likely N-dealkylation sites (N-methyl/N-ethyl adjacent to an activating group) is 1. The molecule has 2 N–H and O–H groups in total. The van der Waals surface area contributed by atoms with Crippen molar-refractivity contribution in [2.45, 2.75) is 6.04 Å². The van der Waals surface area contributed by atoms with Gasteiger partial charge in [-0.2, -0.15) is 0 Å². The number of nitrogens with zero attached hydrogens (tertiary/aromatic N) is 1. The van der Waals surface area contributed by atoms with Gasteiger partial charge in [-0.1, -0.05) is 52.3 Å². The summed E-state index contributed by atoms with van der Waals surface area (Å²) < 4.78 is 1.05. The third kappa shape index (κ3) is 4.10. The lowest BCUT2D eigenvalue weighted by atomic mass is 10.0. The van der Waals surface area contributed by atoms with Gasteiger partial charge in [-0.15, -0.1) is 0 Å². The van der Waals surface area contributed by atoms with Crippen molar-refractivity contribution in [1.82, 2.24) is 4.90 Å². The maximum Gasteiger partial charge on any atom is 0.174 e. The zero-order chi connectivity index (χ0) is 16.2. The standard InChI is InChI=1S/C18H20BrN3S/c1-21-10-11-22(17(13-21)14-6-3-2-4-7-14)18(23)20-16-9-5-8-15(19)12-16/h2-9,12,17H,10-11,13H2,1H3,(H,20,23)/p+1/t17-/m0/s1. The molecule has 120 valence electrons. The van der Waals surface area contributed by atoms with E-state index in [-0.39, 0.29) is 0 Å². The maximum absolute atomic E-state index is 5.71. The van der Waals surface area contributed by atoms with E-state index in [9.17, 15) is 0 Å². The third-order valence-corrected chi connectivity index (χ3v) is 5.05. The highest BCUT2D eigenvalue weighted by molar-refractivity contribution is 9.10. The minimum Gasteiger partial charge on any atom is -0.334 e. The molecule has 0 saturated carbocycles. The van der Waals surface area contributed by atoms with E-state index in [1.54, 1.807) is 4.90 Å². The minimum absolute atomic E-state index is 0.317. The van der Waals surface area contributed by atoms with Crippen molar-refractivity contribution >= 4 is 38.9 Å². The van der Waals surface area contributed by atoms with Crippen LogP contribution in [-0.4, -0.2) is 36.7 Å². The summed E-state index contributed by atoms with van der Waals surface area (Å²) >= 11 is 9.21. The molecule has 0 aliphatic carbocycles. The van der Waals surface area contributed by atoms with E-state index in [1.807, 2.05) is 24.3 Å². The Morgan fingerprint density at radius 3 is 2.74 bits per heavy atom. The first kappa shape index (κ1) is 16.4. The molecule has 0 amide bonds. The summed E-state index contributed by atoms with van der Waals surface area (Å²) in [5.41, 5.74) is 2.34. The second kappa shape index (κ2) is 7.43. The molecule has 3 nitrogen and oxygen atoms in total. The molecule has 0 aromatic heterocycles. The van der Waals surface area contributed by atoms with Gasteiger partial charge in [0, 0.05) is 10.2 Å². The Bertz CT molecular complexity index is 677. The molecule has 1 saturated heterocycles. The predicted octanol–water partition coefficient (Wildman–Crippen LogP) is 2.72. The monoisotopic (exact) mass is 390 g/mol. The fourth-order valence-corrected chi connectivity index (χ4v) is 3.72. The largest absolute Gasteiger partial charge is 0.334 e. The molecular formula is C18H21BrN3S+. The average Bonchev–Trinajstić information content (AvgIpc) is 2.55. The summed E-state index contributed by atoms with van der Waals surface area (Å²) in [6.07, 6.45) is 0. The minimum atomic E-state index is 0.317. The molecule has 0 bridgehead atoms. The number of hydrogen-bond acceptors (Lipinski definition) is 1. The molecule has 1 fully saturated rings. The van der Waals surface area contributed by atoms with Crippen LogP contribution >= 0.6 is 28.1 Å². The van der Waals surface area contributed by atoms with Crippen LogP contribution in [0.25, 0.3) is 0 Å². The maximum atomic E-state index is 5.71. The van der Waals surface area contributed by atoms with E-state index in [0.29, 0.717) is 6.04 Å². The molecule has 1 unspecified atom stereocenters. The Morgan fingerprint density at radius 2 is 2.00 bits per heavy atom. The molecule has 5 heteroatoms. The van der Waals surface area contributed by atoms with E-state index < -0.39 is 0 Å². The van der Waals surface area contributed by atoms with Crippen molar-refractivity contribution in [3.05, 3.63) is 64.6 Å². The molecule has 2 aromatic carbocycles. The van der Waals surface area contributed by atoms with Crippen molar-refractivity contribution in [3.8, 4) is 0 Å². The Balaban J connectivity index is 1.79. The molecular weight excluding hydrogens is 370 g/mol. The molecule has 1 heterocycles. The van der Waals surface area contributed by atoms with Crippen LogP contribution in [-0.2, 0) is 0 Å². The number of benzene rings is 2. The van der Waals surface area contributed by atoms with E-state index >= 15 is 0 Å². The van der Waals surface area contributed by atoms with E-state index in [4.69, 9.17) is 12.2 Å². The second-order valence-electron chi connectivity index (χ2n) is 5.97. The summed E-state index contributed by atoms with van der Waals surface area (Å²) in [6, 6.07) is 19.1. The molecule has 3 rings (SSSR count). The molecule has 23 heavy (non-hydrogen) atoms. The number of anilines is 1.